The van der Waals surface area contributed by atoms with Crippen LogP contribution in [0.2, 0.25) is 0 Å². The Labute approximate surface area is 324 Å². The second kappa shape index (κ2) is 12.4. The second-order valence-corrected chi connectivity index (χ2v) is 15.7. The molecule has 0 saturated carbocycles. The highest BCUT2D eigenvalue weighted by molar-refractivity contribution is 7.26. The Hall–Kier alpha value is -6.68. The first-order valence-corrected chi connectivity index (χ1v) is 19.6. The van der Waals surface area contributed by atoms with Gasteiger partial charge in [0.2, 0.25) is 0 Å². The van der Waals surface area contributed by atoms with Gasteiger partial charge in [-0.25, -0.2) is 9.97 Å². The van der Waals surface area contributed by atoms with E-state index in [4.69, 9.17) is 9.97 Å². The lowest BCUT2D eigenvalue weighted by Crippen LogP contribution is -2.22. The summed E-state index contributed by atoms with van der Waals surface area (Å²) in [6.45, 7) is 2.36. The zero-order valence-electron chi connectivity index (χ0n) is 30.2. The highest BCUT2D eigenvalue weighted by Crippen LogP contribution is 2.55. The summed E-state index contributed by atoms with van der Waals surface area (Å²) in [4.78, 5) is 10.6. The highest BCUT2D eigenvalue weighted by atomic mass is 32.1. The number of fused-ring (bicyclic) bond motifs is 8. The predicted octanol–water partition coefficient (Wildman–Crippen LogP) is 14.0. The van der Waals surface area contributed by atoms with E-state index in [1.807, 2.05) is 17.4 Å². The lowest BCUT2D eigenvalue weighted by atomic mass is 9.74. The van der Waals surface area contributed by atoms with Gasteiger partial charge in [-0.1, -0.05) is 170 Å². The van der Waals surface area contributed by atoms with Crippen molar-refractivity contribution >= 4 is 42.3 Å². The van der Waals surface area contributed by atoms with Gasteiger partial charge in [0.15, 0.2) is 5.82 Å². The van der Waals surface area contributed by atoms with Crippen LogP contribution in [0, 0.1) is 0 Å². The topological polar surface area (TPSA) is 25.8 Å². The van der Waals surface area contributed by atoms with Crippen molar-refractivity contribution in [3.05, 3.63) is 205 Å². The van der Waals surface area contributed by atoms with E-state index in [-0.39, 0.29) is 5.41 Å². The molecule has 1 aliphatic rings. The van der Waals surface area contributed by atoms with E-state index >= 15 is 0 Å². The Balaban J connectivity index is 1.10. The summed E-state index contributed by atoms with van der Waals surface area (Å²) in [6, 6.07) is 67.9. The molecule has 2 aromatic heterocycles. The number of thiophene rings is 1. The lowest BCUT2D eigenvalue weighted by Gasteiger charge is -2.28. The molecule has 0 fully saturated rings. The summed E-state index contributed by atoms with van der Waals surface area (Å²) < 4.78 is 2.62. The SMILES string of the molecule is CC1(c2ccccc2)c2ccccc2-c2c(-c3cc(-c4cccc(-c5cccc6c5sc5ccc7ccccc7c56)c4)nc(-c4ccccc4)n3)cccc21. The molecule has 1 aliphatic carbocycles. The van der Waals surface area contributed by atoms with Crippen LogP contribution >= 0.6 is 11.3 Å². The minimum atomic E-state index is -0.296. The summed E-state index contributed by atoms with van der Waals surface area (Å²) in [6.07, 6.45) is 0. The number of hydrogen-bond donors (Lipinski definition) is 0. The highest BCUT2D eigenvalue weighted by Gasteiger charge is 2.41. The number of nitrogens with zero attached hydrogens (tertiary/aromatic N) is 2. The fourth-order valence-electron chi connectivity index (χ4n) is 8.93. The molecule has 3 heteroatoms. The Kier molecular flexibility index (Phi) is 7.20. The largest absolute Gasteiger partial charge is 0.228 e. The molecule has 1 atom stereocenters. The molecule has 1 unspecified atom stereocenters. The van der Waals surface area contributed by atoms with E-state index in [9.17, 15) is 0 Å². The summed E-state index contributed by atoms with van der Waals surface area (Å²) >= 11 is 1.88. The molecule has 11 rings (SSSR count). The van der Waals surface area contributed by atoms with Crippen molar-refractivity contribution < 1.29 is 0 Å². The molecule has 2 heterocycles. The molecule has 0 amide bonds. The van der Waals surface area contributed by atoms with E-state index in [0.29, 0.717) is 5.82 Å². The van der Waals surface area contributed by atoms with Gasteiger partial charge >= 0.3 is 0 Å². The van der Waals surface area contributed by atoms with Crippen LogP contribution in [0.25, 0.3) is 87.1 Å². The van der Waals surface area contributed by atoms with E-state index < -0.39 is 0 Å². The molecule has 0 radical (unpaired) electrons. The fraction of sp³-hybridized carbons (Fsp3) is 0.0385. The minimum Gasteiger partial charge on any atom is -0.228 e. The van der Waals surface area contributed by atoms with Crippen molar-refractivity contribution in [2.75, 3.05) is 0 Å². The molecule has 2 nitrogen and oxygen atoms in total. The normalized spacial score (nSPS) is 14.7. The number of rotatable bonds is 5. The first-order valence-electron chi connectivity index (χ1n) is 18.8. The van der Waals surface area contributed by atoms with Gasteiger partial charge in [0.25, 0.3) is 0 Å². The van der Waals surface area contributed by atoms with Gasteiger partial charge in [-0.15, -0.1) is 11.3 Å². The number of benzene rings is 8. The van der Waals surface area contributed by atoms with Crippen LogP contribution in [0.15, 0.2) is 188 Å². The van der Waals surface area contributed by atoms with E-state index in [0.717, 1.165) is 28.1 Å². The summed E-state index contributed by atoms with van der Waals surface area (Å²) in [5.74, 6) is 0.715. The Bertz CT molecular complexity index is 3110. The molecular weight excluding hydrogens is 685 g/mol. The van der Waals surface area contributed by atoms with Crippen LogP contribution in [0.3, 0.4) is 0 Å². The van der Waals surface area contributed by atoms with Crippen LogP contribution in [0.1, 0.15) is 23.6 Å². The maximum absolute atomic E-state index is 5.33. The van der Waals surface area contributed by atoms with Crippen molar-refractivity contribution in [1.29, 1.82) is 0 Å². The Morgan fingerprint density at radius 2 is 1.09 bits per heavy atom. The molecule has 0 N–H and O–H groups in total. The minimum absolute atomic E-state index is 0.296. The van der Waals surface area contributed by atoms with Crippen molar-refractivity contribution in [3.63, 3.8) is 0 Å². The smallest absolute Gasteiger partial charge is 0.160 e. The van der Waals surface area contributed by atoms with Gasteiger partial charge in [-0.3, -0.25) is 0 Å². The van der Waals surface area contributed by atoms with Gasteiger partial charge in [-0.05, 0) is 74.8 Å². The first-order chi connectivity index (χ1) is 27.1. The van der Waals surface area contributed by atoms with Crippen LogP contribution in [-0.2, 0) is 5.41 Å². The molecule has 55 heavy (non-hydrogen) atoms. The third-order valence-corrected chi connectivity index (χ3v) is 12.8. The van der Waals surface area contributed by atoms with Gasteiger partial charge in [-0.2, -0.15) is 0 Å². The second-order valence-electron chi connectivity index (χ2n) is 14.6. The van der Waals surface area contributed by atoms with Gasteiger partial charge in [0, 0.05) is 42.3 Å². The molecule has 10 aromatic rings. The molecule has 0 saturated heterocycles. The average Bonchev–Trinajstić information content (AvgIpc) is 3.78. The standard InChI is InChI=1S/C52H34N2S/c1-52(37-20-6-3-7-21-37)43-27-11-10-23-40(43)48-41(25-14-28-44(48)52)46-32-45(53-51(54-46)34-16-4-2-5-17-34)36-19-12-18-35(31-36)39-24-13-26-42-49-38-22-9-8-15-33(38)29-30-47(49)55-50(39)42/h2-32H,1H3. The van der Waals surface area contributed by atoms with Crippen LogP contribution < -0.4 is 0 Å². The number of aromatic nitrogens is 2. The van der Waals surface area contributed by atoms with Gasteiger partial charge in [0.05, 0.1) is 11.4 Å². The van der Waals surface area contributed by atoms with E-state index in [1.54, 1.807) is 0 Å². The number of hydrogen-bond acceptors (Lipinski definition) is 3. The summed E-state index contributed by atoms with van der Waals surface area (Å²) in [7, 11) is 0. The van der Waals surface area contributed by atoms with Crippen molar-refractivity contribution in [1.82, 2.24) is 9.97 Å². The zero-order chi connectivity index (χ0) is 36.5. The summed E-state index contributed by atoms with van der Waals surface area (Å²) in [5, 5.41) is 5.21. The molecule has 0 aliphatic heterocycles. The third kappa shape index (κ3) is 4.94. The Morgan fingerprint density at radius 3 is 1.98 bits per heavy atom. The van der Waals surface area contributed by atoms with Crippen LogP contribution in [-0.4, -0.2) is 9.97 Å². The maximum Gasteiger partial charge on any atom is 0.160 e. The lowest BCUT2D eigenvalue weighted by molar-refractivity contribution is 0.714. The molecule has 0 bridgehead atoms. The average molecular weight is 719 g/mol. The van der Waals surface area contributed by atoms with Gasteiger partial charge in [0.1, 0.15) is 0 Å². The molecule has 258 valence electrons. The monoisotopic (exact) mass is 718 g/mol. The predicted molar refractivity (Wildman–Crippen MR) is 232 cm³/mol. The molecule has 8 aromatic carbocycles. The van der Waals surface area contributed by atoms with Gasteiger partial charge < -0.3 is 0 Å². The third-order valence-electron chi connectivity index (χ3n) is 11.6. The van der Waals surface area contributed by atoms with Crippen LogP contribution in [0.5, 0.6) is 0 Å². The Morgan fingerprint density at radius 1 is 0.455 bits per heavy atom. The van der Waals surface area contributed by atoms with Crippen molar-refractivity contribution in [3.8, 4) is 56.2 Å². The van der Waals surface area contributed by atoms with Crippen LogP contribution in [0.4, 0.5) is 0 Å². The first kappa shape index (κ1) is 31.8. The maximum atomic E-state index is 5.33. The van der Waals surface area contributed by atoms with E-state index in [2.05, 4.69) is 189 Å². The van der Waals surface area contributed by atoms with E-state index in [1.165, 1.54) is 69.9 Å². The molecule has 0 spiro atoms. The van der Waals surface area contributed by atoms with Crippen molar-refractivity contribution in [2.45, 2.75) is 12.3 Å². The molecular formula is C52H34N2S. The van der Waals surface area contributed by atoms with Crippen molar-refractivity contribution in [2.24, 2.45) is 0 Å². The fourth-order valence-corrected chi connectivity index (χ4v) is 10.2. The zero-order valence-corrected chi connectivity index (χ0v) is 31.0. The quantitative estimate of drug-likeness (QED) is 0.177. The summed E-state index contributed by atoms with van der Waals surface area (Å²) in [5.41, 5.74) is 13.5.